The Morgan fingerprint density at radius 1 is 1.00 bits per heavy atom. The van der Waals surface area contributed by atoms with Crippen LogP contribution in [0.2, 0.25) is 0 Å². The normalized spacial score (nSPS) is 1.50. The van der Waals surface area contributed by atoms with Crippen molar-refractivity contribution in [2.24, 2.45) is 0 Å². The van der Waals surface area contributed by atoms with Crippen molar-refractivity contribution in [1.29, 1.82) is 0 Å². The van der Waals surface area contributed by atoms with E-state index in [-0.39, 0.29) is 75.5 Å². The van der Waals surface area contributed by atoms with Gasteiger partial charge < -0.3 is 0 Å². The molecule has 4 heavy (non-hydrogen) atoms. The van der Waals surface area contributed by atoms with E-state index in [9.17, 15) is 0 Å². The Bertz CT molecular complexity index is 6.00. The maximum absolute atomic E-state index is 6.47. The average molecular weight is 137 g/mol. The summed E-state index contributed by atoms with van der Waals surface area (Å²) in [7, 11) is 0. The Balaban J connectivity index is -0.00000000500. The van der Waals surface area contributed by atoms with Crippen LogP contribution in [-0.4, -0.2) is 80.1 Å². The number of halogens is 1. The fourth-order valence-corrected chi connectivity index (χ4v) is 0. The van der Waals surface area contributed by atoms with Gasteiger partial charge in [-0.1, -0.05) is 0 Å². The van der Waals surface area contributed by atoms with Gasteiger partial charge in [-0.2, -0.15) is 0 Å². The molecule has 0 bridgehead atoms. The zero-order chi connectivity index (χ0) is 2.00. The van der Waals surface area contributed by atoms with Gasteiger partial charge in [0.15, 0.2) is 0 Å². The van der Waals surface area contributed by atoms with Crippen LogP contribution in [-0.2, 0) is 0 Å². The minimum atomic E-state index is 0. The summed E-state index contributed by atoms with van der Waals surface area (Å²) in [6, 6.07) is 0. The molecule has 0 heterocycles. The molecule has 4 heteroatoms. The molecule has 0 saturated heterocycles. The first kappa shape index (κ1) is 15.9. The number of rotatable bonds is 0. The van der Waals surface area contributed by atoms with Crippen molar-refractivity contribution in [1.82, 2.24) is 0 Å². The van der Waals surface area contributed by atoms with Gasteiger partial charge in [0, 0.05) is 0 Å². The molecule has 0 aliphatic rings. The summed E-state index contributed by atoms with van der Waals surface area (Å²) in [4.78, 5) is 0. The summed E-state index contributed by atoms with van der Waals surface area (Å²) < 4.78 is 6.47. The summed E-state index contributed by atoms with van der Waals surface area (Å²) >= 11 is 3.64. The second-order valence-corrected chi connectivity index (χ2v) is 0. The molecule has 0 rings (SSSR count). The number of hydrogen-bond acceptors (Lipinski definition) is 1. The quantitative estimate of drug-likeness (QED) is 0.394. The fourth-order valence-electron chi connectivity index (χ4n) is 0. The number of hydrogen-bond donors (Lipinski definition) is 1. The molecule has 0 aliphatic carbocycles. The first-order valence-electron chi connectivity index (χ1n) is 0.169. The molecule has 1 nitrogen and oxygen atoms in total. The Morgan fingerprint density at radius 2 is 1.00 bits per heavy atom. The van der Waals surface area contributed by atoms with Gasteiger partial charge >= 0.3 is 75.5 Å². The average Bonchev–Trinajstić information content (AvgIpc) is 1.00. The van der Waals surface area contributed by atoms with E-state index in [1.54, 1.807) is 0 Å². The molecule has 22 valence electrons. The van der Waals surface area contributed by atoms with Crippen molar-refractivity contribution in [3.8, 4) is 0 Å². The van der Waals surface area contributed by atoms with E-state index in [1.165, 1.54) is 0 Å². The van der Waals surface area contributed by atoms with Gasteiger partial charge in [-0.05, 0) is 0 Å². The van der Waals surface area contributed by atoms with Crippen molar-refractivity contribution in [2.75, 3.05) is 0 Å². The third-order valence-corrected chi connectivity index (χ3v) is 0. The molecule has 0 amide bonds. The zero-order valence-corrected chi connectivity index (χ0v) is 1.58. The molecule has 0 saturated carbocycles. The van der Waals surface area contributed by atoms with E-state index in [2.05, 4.69) is 11.9 Å². The Morgan fingerprint density at radius 3 is 1.00 bits per heavy atom. The summed E-state index contributed by atoms with van der Waals surface area (Å²) in [6.45, 7) is 0. The van der Waals surface area contributed by atoms with Crippen molar-refractivity contribution < 1.29 is 4.66 Å². The monoisotopic (exact) mass is 136 g/mol. The second kappa shape index (κ2) is 17.1. The molecule has 0 fully saturated rings. The van der Waals surface area contributed by atoms with Gasteiger partial charge in [0.1, 0.15) is 0 Å². The van der Waals surface area contributed by atoms with Crippen LogP contribution in [0.5, 0.6) is 0 Å². The van der Waals surface area contributed by atoms with E-state index >= 15 is 0 Å². The molecule has 0 aromatic heterocycles. The summed E-state index contributed by atoms with van der Waals surface area (Å²) in [6.07, 6.45) is 0. The Kier molecular flexibility index (Phi) is 67.8. The van der Waals surface area contributed by atoms with Crippen molar-refractivity contribution in [3.05, 3.63) is 0 Å². The van der Waals surface area contributed by atoms with E-state index in [1.807, 2.05) is 0 Å². The SMILES string of the molecule is OCl.[CaH2].[CaH2]. The van der Waals surface area contributed by atoms with Gasteiger partial charge in [-0.15, -0.1) is 0 Å². The van der Waals surface area contributed by atoms with Crippen LogP contribution in [0.1, 0.15) is 0 Å². The van der Waals surface area contributed by atoms with Crippen LogP contribution in [0, 0.1) is 0 Å². The molecule has 1 N–H and O–H groups in total. The summed E-state index contributed by atoms with van der Waals surface area (Å²) in [5.41, 5.74) is 0. The van der Waals surface area contributed by atoms with Gasteiger partial charge in [-0.25, -0.2) is 0 Å². The fraction of sp³-hybridized carbons (Fsp3) is 0. The minimum absolute atomic E-state index is 0. The van der Waals surface area contributed by atoms with E-state index in [0.717, 1.165) is 0 Å². The van der Waals surface area contributed by atoms with Crippen LogP contribution in [0.3, 0.4) is 0 Å². The van der Waals surface area contributed by atoms with Crippen molar-refractivity contribution >= 4 is 87.3 Å². The first-order valence-corrected chi connectivity index (χ1v) is 0.507. The van der Waals surface area contributed by atoms with E-state index < -0.39 is 0 Å². The molecule has 0 aliphatic heterocycles. The van der Waals surface area contributed by atoms with Crippen LogP contribution >= 0.6 is 11.9 Å². The van der Waals surface area contributed by atoms with Crippen LogP contribution in [0.15, 0.2) is 0 Å². The molecule has 0 aromatic rings. The van der Waals surface area contributed by atoms with Gasteiger partial charge in [-0.3, -0.25) is 4.66 Å². The van der Waals surface area contributed by atoms with E-state index in [0.29, 0.717) is 0 Å². The van der Waals surface area contributed by atoms with E-state index in [4.69, 9.17) is 4.66 Å². The summed E-state index contributed by atoms with van der Waals surface area (Å²) in [5.74, 6) is 0. The molecule has 0 unspecified atom stereocenters. The molecule has 0 aromatic carbocycles. The molecule has 0 spiro atoms. The topological polar surface area (TPSA) is 20.2 Å². The summed E-state index contributed by atoms with van der Waals surface area (Å²) in [5, 5.41) is 0. The Hall–Kier alpha value is 2.77. The predicted molar refractivity (Wildman–Crippen MR) is 25.2 cm³/mol. The molecular weight excluding hydrogens is 132 g/mol. The third kappa shape index (κ3) is 8.84. The van der Waals surface area contributed by atoms with Crippen molar-refractivity contribution in [3.63, 3.8) is 0 Å². The molecular formula is H5Ca2ClO. The van der Waals surface area contributed by atoms with Crippen LogP contribution in [0.4, 0.5) is 0 Å². The second-order valence-electron chi connectivity index (χ2n) is 0. The third-order valence-electron chi connectivity index (χ3n) is 0. The maximum atomic E-state index is 6.47. The van der Waals surface area contributed by atoms with Crippen molar-refractivity contribution in [2.45, 2.75) is 0 Å². The standard InChI is InChI=1S/2Ca.ClHO.4H/c;;1-2;;;;/h;;2H;;;;. The van der Waals surface area contributed by atoms with Gasteiger partial charge in [0.2, 0.25) is 0 Å². The van der Waals surface area contributed by atoms with Crippen LogP contribution in [0.25, 0.3) is 0 Å². The molecule has 0 radical (unpaired) electrons. The van der Waals surface area contributed by atoms with Gasteiger partial charge in [0.25, 0.3) is 0 Å². The Labute approximate surface area is 89.9 Å². The predicted octanol–water partition coefficient (Wildman–Crippen LogP) is -1.70. The molecule has 0 atom stereocenters. The van der Waals surface area contributed by atoms with Gasteiger partial charge in [0.05, 0.1) is 11.9 Å². The zero-order valence-electron chi connectivity index (χ0n) is 0.825. The van der Waals surface area contributed by atoms with Crippen LogP contribution < -0.4 is 0 Å². The first-order chi connectivity index (χ1) is 1.00.